The van der Waals surface area contributed by atoms with Gasteiger partial charge in [-0.2, -0.15) is 0 Å². The molecule has 1 aromatic heterocycles. The number of aliphatic hydroxyl groups is 1. The first-order valence-electron chi connectivity index (χ1n) is 3.30. The van der Waals surface area contributed by atoms with E-state index in [4.69, 9.17) is 5.11 Å². The van der Waals surface area contributed by atoms with E-state index >= 15 is 0 Å². The van der Waals surface area contributed by atoms with Crippen LogP contribution in [0.4, 0.5) is 0 Å². The van der Waals surface area contributed by atoms with Crippen molar-refractivity contribution in [3.8, 4) is 0 Å². The fraction of sp³-hybridized carbons (Fsp3) is 0.375. The van der Waals surface area contributed by atoms with E-state index in [9.17, 15) is 0 Å². The minimum atomic E-state index is -0.410. The molecule has 0 aliphatic carbocycles. The van der Waals surface area contributed by atoms with Crippen LogP contribution in [-0.4, -0.2) is 10.1 Å². The van der Waals surface area contributed by atoms with Crippen molar-refractivity contribution in [3.05, 3.63) is 29.6 Å². The highest BCUT2D eigenvalue weighted by Crippen LogP contribution is 2.10. The fourth-order valence-electron chi connectivity index (χ4n) is 0.807. The van der Waals surface area contributed by atoms with E-state index < -0.39 is 6.10 Å². The van der Waals surface area contributed by atoms with Crippen LogP contribution in [0.1, 0.15) is 24.2 Å². The van der Waals surface area contributed by atoms with Gasteiger partial charge in [-0.25, -0.2) is 0 Å². The Morgan fingerprint density at radius 1 is 1.50 bits per heavy atom. The molecule has 0 saturated heterocycles. The highest BCUT2D eigenvalue weighted by atomic mass is 16.3. The van der Waals surface area contributed by atoms with E-state index in [1.54, 1.807) is 19.3 Å². The van der Waals surface area contributed by atoms with Gasteiger partial charge in [-0.05, 0) is 25.0 Å². The third-order valence-corrected chi connectivity index (χ3v) is 1.38. The molecule has 2 nitrogen and oxygen atoms in total. The molecule has 1 rings (SSSR count). The summed E-state index contributed by atoms with van der Waals surface area (Å²) in [6.07, 6.45) is 3.04. The smallest absolute Gasteiger partial charge is 0.0776 e. The lowest BCUT2D eigenvalue weighted by Gasteiger charge is -2.02. The molecule has 1 atom stereocenters. The van der Waals surface area contributed by atoms with Gasteiger partial charge in [0, 0.05) is 12.4 Å². The van der Waals surface area contributed by atoms with Crippen LogP contribution < -0.4 is 0 Å². The van der Waals surface area contributed by atoms with Gasteiger partial charge in [-0.1, -0.05) is 6.07 Å². The summed E-state index contributed by atoms with van der Waals surface area (Å²) < 4.78 is 0. The Bertz CT molecular complexity index is 220. The molecule has 1 aromatic rings. The van der Waals surface area contributed by atoms with Crippen LogP contribution in [0.15, 0.2) is 18.5 Å². The average Bonchev–Trinajstić information content (AvgIpc) is 1.88. The van der Waals surface area contributed by atoms with Gasteiger partial charge in [-0.15, -0.1) is 0 Å². The Hall–Kier alpha value is -0.890. The van der Waals surface area contributed by atoms with Gasteiger partial charge in [0.15, 0.2) is 0 Å². The molecule has 1 N–H and O–H groups in total. The molecular weight excluding hydrogens is 126 g/mol. The lowest BCUT2D eigenvalue weighted by molar-refractivity contribution is 0.199. The van der Waals surface area contributed by atoms with Crippen LogP contribution >= 0.6 is 0 Å². The van der Waals surface area contributed by atoms with Crippen LogP contribution in [0.2, 0.25) is 0 Å². The highest BCUT2D eigenvalue weighted by Gasteiger charge is 1.98. The molecule has 2 heteroatoms. The van der Waals surface area contributed by atoms with E-state index in [0.717, 1.165) is 11.1 Å². The van der Waals surface area contributed by atoms with Gasteiger partial charge in [0.25, 0.3) is 0 Å². The maximum atomic E-state index is 9.11. The molecular formula is C8H11NO. The minimum Gasteiger partial charge on any atom is -0.389 e. The van der Waals surface area contributed by atoms with Crippen LogP contribution in [-0.2, 0) is 0 Å². The lowest BCUT2D eigenvalue weighted by Crippen LogP contribution is -1.91. The highest BCUT2D eigenvalue weighted by molar-refractivity contribution is 5.17. The molecule has 10 heavy (non-hydrogen) atoms. The summed E-state index contributed by atoms with van der Waals surface area (Å²) in [6.45, 7) is 3.69. The summed E-state index contributed by atoms with van der Waals surface area (Å²) in [6, 6.07) is 1.93. The monoisotopic (exact) mass is 137 g/mol. The van der Waals surface area contributed by atoms with Crippen molar-refractivity contribution in [2.75, 3.05) is 0 Å². The SMILES string of the molecule is Cc1cncc(C(C)O)c1. The molecule has 0 spiro atoms. The topological polar surface area (TPSA) is 33.1 Å². The molecule has 0 radical (unpaired) electrons. The van der Waals surface area contributed by atoms with Crippen molar-refractivity contribution in [3.63, 3.8) is 0 Å². The molecule has 54 valence electrons. The fourth-order valence-corrected chi connectivity index (χ4v) is 0.807. The average molecular weight is 137 g/mol. The molecule has 0 aliphatic rings. The van der Waals surface area contributed by atoms with E-state index in [1.165, 1.54) is 0 Å². The van der Waals surface area contributed by atoms with Crippen molar-refractivity contribution in [2.24, 2.45) is 0 Å². The van der Waals surface area contributed by atoms with Crippen molar-refractivity contribution < 1.29 is 5.11 Å². The molecule has 0 aliphatic heterocycles. The largest absolute Gasteiger partial charge is 0.389 e. The standard InChI is InChI=1S/C8H11NO/c1-6-3-8(7(2)10)5-9-4-6/h3-5,7,10H,1-2H3. The summed E-state index contributed by atoms with van der Waals surface area (Å²) in [5, 5.41) is 9.11. The van der Waals surface area contributed by atoms with Gasteiger partial charge in [0.1, 0.15) is 0 Å². The van der Waals surface area contributed by atoms with Gasteiger partial charge in [0.05, 0.1) is 6.10 Å². The number of nitrogens with zero attached hydrogens (tertiary/aromatic N) is 1. The number of hydrogen-bond donors (Lipinski definition) is 1. The molecule has 1 unspecified atom stereocenters. The molecule has 0 saturated carbocycles. The van der Waals surface area contributed by atoms with Crippen molar-refractivity contribution in [1.82, 2.24) is 4.98 Å². The molecule has 0 bridgehead atoms. The van der Waals surface area contributed by atoms with Crippen LogP contribution in [0.5, 0.6) is 0 Å². The van der Waals surface area contributed by atoms with E-state index in [-0.39, 0.29) is 0 Å². The predicted molar refractivity (Wildman–Crippen MR) is 39.6 cm³/mol. The normalized spacial score (nSPS) is 13.1. The Morgan fingerprint density at radius 3 is 2.60 bits per heavy atom. The van der Waals surface area contributed by atoms with Gasteiger partial charge in [-0.3, -0.25) is 4.98 Å². The molecule has 0 aromatic carbocycles. The summed E-state index contributed by atoms with van der Waals surface area (Å²) in [5.74, 6) is 0. The summed E-state index contributed by atoms with van der Waals surface area (Å²) in [4.78, 5) is 3.95. The zero-order chi connectivity index (χ0) is 7.56. The first kappa shape index (κ1) is 7.22. The number of hydrogen-bond acceptors (Lipinski definition) is 2. The maximum absolute atomic E-state index is 9.11. The van der Waals surface area contributed by atoms with Gasteiger partial charge >= 0.3 is 0 Å². The third-order valence-electron chi connectivity index (χ3n) is 1.38. The second-order valence-corrected chi connectivity index (χ2v) is 2.47. The summed E-state index contributed by atoms with van der Waals surface area (Å²) >= 11 is 0. The minimum absolute atomic E-state index is 0.410. The van der Waals surface area contributed by atoms with Crippen molar-refractivity contribution >= 4 is 0 Å². The number of aryl methyl sites for hydroxylation is 1. The van der Waals surface area contributed by atoms with E-state index in [1.807, 2.05) is 13.0 Å². The lowest BCUT2D eigenvalue weighted by atomic mass is 10.1. The Morgan fingerprint density at radius 2 is 2.20 bits per heavy atom. The van der Waals surface area contributed by atoms with Crippen LogP contribution in [0, 0.1) is 6.92 Å². The predicted octanol–water partition coefficient (Wildman–Crippen LogP) is 1.44. The molecule has 1 heterocycles. The van der Waals surface area contributed by atoms with Crippen molar-refractivity contribution in [2.45, 2.75) is 20.0 Å². The Labute approximate surface area is 60.5 Å². The first-order chi connectivity index (χ1) is 4.70. The maximum Gasteiger partial charge on any atom is 0.0776 e. The molecule has 0 fully saturated rings. The molecule has 0 amide bonds. The third kappa shape index (κ3) is 1.54. The van der Waals surface area contributed by atoms with Crippen LogP contribution in [0.3, 0.4) is 0 Å². The quantitative estimate of drug-likeness (QED) is 0.635. The van der Waals surface area contributed by atoms with Crippen LogP contribution in [0.25, 0.3) is 0 Å². The second-order valence-electron chi connectivity index (χ2n) is 2.47. The zero-order valence-electron chi connectivity index (χ0n) is 6.20. The number of pyridine rings is 1. The van der Waals surface area contributed by atoms with Gasteiger partial charge in [0.2, 0.25) is 0 Å². The number of rotatable bonds is 1. The zero-order valence-corrected chi connectivity index (χ0v) is 6.20. The Balaban J connectivity index is 2.96. The number of aromatic nitrogens is 1. The number of aliphatic hydroxyl groups excluding tert-OH is 1. The second kappa shape index (κ2) is 2.80. The summed E-state index contributed by atoms with van der Waals surface area (Å²) in [5.41, 5.74) is 1.96. The Kier molecular flexibility index (Phi) is 2.02. The van der Waals surface area contributed by atoms with E-state index in [0.29, 0.717) is 0 Å². The summed E-state index contributed by atoms with van der Waals surface area (Å²) in [7, 11) is 0. The van der Waals surface area contributed by atoms with Gasteiger partial charge < -0.3 is 5.11 Å². The van der Waals surface area contributed by atoms with Crippen molar-refractivity contribution in [1.29, 1.82) is 0 Å². The first-order valence-corrected chi connectivity index (χ1v) is 3.30. The van der Waals surface area contributed by atoms with E-state index in [2.05, 4.69) is 4.98 Å².